The van der Waals surface area contributed by atoms with Gasteiger partial charge < -0.3 is 9.30 Å². The number of aryl methyl sites for hydroxylation is 1. The molecule has 1 atom stereocenters. The van der Waals surface area contributed by atoms with Gasteiger partial charge in [0.15, 0.2) is 0 Å². The van der Waals surface area contributed by atoms with Crippen molar-refractivity contribution in [2.45, 2.75) is 39.4 Å². The van der Waals surface area contributed by atoms with Gasteiger partial charge in [-0.3, -0.25) is 9.69 Å². The molecule has 3 rings (SSSR count). The summed E-state index contributed by atoms with van der Waals surface area (Å²) in [5.74, 6) is -0.390. The molecule has 0 aliphatic carbocycles. The summed E-state index contributed by atoms with van der Waals surface area (Å²) in [4.78, 5) is 19.2. The van der Waals surface area contributed by atoms with Crippen molar-refractivity contribution in [2.75, 3.05) is 13.2 Å². The molecule has 0 unspecified atom stereocenters. The molecule has 0 saturated carbocycles. The molecule has 2 aromatic heterocycles. The average molecular weight is 319 g/mol. The van der Waals surface area contributed by atoms with E-state index < -0.39 is 0 Å². The highest BCUT2D eigenvalue weighted by Crippen LogP contribution is 2.30. The molecule has 0 aromatic carbocycles. The molecule has 0 N–H and O–H groups in total. The van der Waals surface area contributed by atoms with E-state index in [1.165, 1.54) is 5.56 Å². The zero-order chi connectivity index (χ0) is 15.5. The predicted octanol–water partition coefficient (Wildman–Crippen LogP) is 2.63. The molecule has 6 heteroatoms. The van der Waals surface area contributed by atoms with Crippen molar-refractivity contribution in [1.82, 2.24) is 14.5 Å². The molecule has 0 fully saturated rings. The van der Waals surface area contributed by atoms with Gasteiger partial charge in [-0.15, -0.1) is 0 Å². The zero-order valence-electron chi connectivity index (χ0n) is 13.0. The van der Waals surface area contributed by atoms with Crippen LogP contribution in [-0.4, -0.2) is 33.6 Å². The minimum absolute atomic E-state index is 0.144. The van der Waals surface area contributed by atoms with Crippen LogP contribution in [0.3, 0.4) is 0 Å². The maximum absolute atomic E-state index is 12.4. The van der Waals surface area contributed by atoms with Crippen molar-refractivity contribution >= 4 is 17.3 Å². The SMILES string of the molecule is CCOC(=O)[C@@H]1CN(Cc2ccsc2)Cc2ncn(CC)c21. The minimum Gasteiger partial charge on any atom is -0.465 e. The second kappa shape index (κ2) is 6.62. The van der Waals surface area contributed by atoms with Crippen molar-refractivity contribution in [3.63, 3.8) is 0 Å². The topological polar surface area (TPSA) is 47.4 Å². The van der Waals surface area contributed by atoms with E-state index >= 15 is 0 Å². The summed E-state index contributed by atoms with van der Waals surface area (Å²) in [5, 5.41) is 4.23. The third-order valence-corrected chi connectivity index (χ3v) is 4.73. The number of carbonyl (C=O) groups is 1. The number of nitrogens with zero attached hydrogens (tertiary/aromatic N) is 3. The molecule has 118 valence electrons. The first-order valence-corrected chi connectivity index (χ1v) is 8.61. The van der Waals surface area contributed by atoms with Crippen LogP contribution in [0.25, 0.3) is 0 Å². The quantitative estimate of drug-likeness (QED) is 0.795. The molecule has 0 bridgehead atoms. The van der Waals surface area contributed by atoms with Crippen molar-refractivity contribution in [1.29, 1.82) is 0 Å². The number of fused-ring (bicyclic) bond motifs is 1. The van der Waals surface area contributed by atoms with Gasteiger partial charge in [0.05, 0.1) is 24.3 Å². The van der Waals surface area contributed by atoms with E-state index in [-0.39, 0.29) is 11.9 Å². The first kappa shape index (κ1) is 15.2. The Bertz CT molecular complexity index is 636. The number of imidazole rings is 1. The summed E-state index contributed by atoms with van der Waals surface area (Å²) in [6.45, 7) is 7.47. The summed E-state index contributed by atoms with van der Waals surface area (Å²) in [5.41, 5.74) is 3.31. The molecular formula is C16H21N3O2S. The number of thiophene rings is 1. The summed E-state index contributed by atoms with van der Waals surface area (Å²) in [7, 11) is 0. The summed E-state index contributed by atoms with van der Waals surface area (Å²) < 4.78 is 7.35. The van der Waals surface area contributed by atoms with Crippen molar-refractivity contribution in [3.8, 4) is 0 Å². The monoisotopic (exact) mass is 319 g/mol. The predicted molar refractivity (Wildman–Crippen MR) is 85.7 cm³/mol. The Morgan fingerprint density at radius 1 is 1.50 bits per heavy atom. The van der Waals surface area contributed by atoms with E-state index in [1.54, 1.807) is 11.3 Å². The van der Waals surface area contributed by atoms with Crippen LogP contribution in [-0.2, 0) is 29.2 Å². The molecule has 1 aliphatic heterocycles. The second-order valence-electron chi connectivity index (χ2n) is 5.47. The molecule has 22 heavy (non-hydrogen) atoms. The lowest BCUT2D eigenvalue weighted by Crippen LogP contribution is -2.38. The Labute approximate surface area is 134 Å². The maximum atomic E-state index is 12.4. The normalized spacial score (nSPS) is 18.2. The van der Waals surface area contributed by atoms with Gasteiger partial charge in [0.1, 0.15) is 5.92 Å². The highest BCUT2D eigenvalue weighted by atomic mass is 32.1. The Morgan fingerprint density at radius 3 is 3.05 bits per heavy atom. The summed E-state index contributed by atoms with van der Waals surface area (Å²) in [6.07, 6.45) is 1.84. The number of hydrogen-bond donors (Lipinski definition) is 0. The molecule has 3 heterocycles. The van der Waals surface area contributed by atoms with Crippen LogP contribution in [0.2, 0.25) is 0 Å². The van der Waals surface area contributed by atoms with Gasteiger partial charge in [-0.05, 0) is 36.2 Å². The van der Waals surface area contributed by atoms with Gasteiger partial charge in [0.25, 0.3) is 0 Å². The minimum atomic E-state index is -0.246. The van der Waals surface area contributed by atoms with Crippen molar-refractivity contribution in [3.05, 3.63) is 40.1 Å². The van der Waals surface area contributed by atoms with Gasteiger partial charge >= 0.3 is 5.97 Å². The lowest BCUT2D eigenvalue weighted by Gasteiger charge is -2.31. The van der Waals surface area contributed by atoms with Gasteiger partial charge in [0.2, 0.25) is 0 Å². The highest BCUT2D eigenvalue weighted by Gasteiger charge is 2.35. The van der Waals surface area contributed by atoms with E-state index in [1.807, 2.05) is 13.3 Å². The lowest BCUT2D eigenvalue weighted by molar-refractivity contribution is -0.146. The largest absolute Gasteiger partial charge is 0.465 e. The van der Waals surface area contributed by atoms with E-state index in [4.69, 9.17) is 4.74 Å². The molecule has 0 spiro atoms. The van der Waals surface area contributed by atoms with Crippen molar-refractivity contribution < 1.29 is 9.53 Å². The van der Waals surface area contributed by atoms with Gasteiger partial charge in [-0.2, -0.15) is 11.3 Å². The number of aromatic nitrogens is 2. The molecule has 0 radical (unpaired) electrons. The highest BCUT2D eigenvalue weighted by molar-refractivity contribution is 7.07. The fourth-order valence-corrected chi connectivity index (χ4v) is 3.68. The Hall–Kier alpha value is -1.66. The number of esters is 1. The van der Waals surface area contributed by atoms with Gasteiger partial charge in [-0.25, -0.2) is 4.98 Å². The number of hydrogen-bond acceptors (Lipinski definition) is 5. The lowest BCUT2D eigenvalue weighted by atomic mass is 9.97. The van der Waals surface area contributed by atoms with Crippen LogP contribution < -0.4 is 0 Å². The first-order chi connectivity index (χ1) is 10.7. The second-order valence-corrected chi connectivity index (χ2v) is 6.25. The van der Waals surface area contributed by atoms with Gasteiger partial charge in [0, 0.05) is 26.2 Å². The molecule has 0 saturated heterocycles. The smallest absolute Gasteiger partial charge is 0.316 e. The van der Waals surface area contributed by atoms with Crippen LogP contribution >= 0.6 is 11.3 Å². The molecule has 2 aromatic rings. The van der Waals surface area contributed by atoms with Crippen LogP contribution in [0.1, 0.15) is 36.7 Å². The third kappa shape index (κ3) is 2.94. The average Bonchev–Trinajstić information content (AvgIpc) is 3.15. The fourth-order valence-electron chi connectivity index (χ4n) is 3.02. The van der Waals surface area contributed by atoms with Crippen LogP contribution in [0.5, 0.6) is 0 Å². The van der Waals surface area contributed by atoms with Crippen LogP contribution in [0.15, 0.2) is 23.2 Å². The Balaban J connectivity index is 1.86. The number of ether oxygens (including phenoxy) is 1. The Kier molecular flexibility index (Phi) is 4.59. The van der Waals surface area contributed by atoms with Crippen LogP contribution in [0, 0.1) is 0 Å². The van der Waals surface area contributed by atoms with E-state index in [0.717, 1.165) is 31.0 Å². The van der Waals surface area contributed by atoms with E-state index in [2.05, 4.69) is 38.2 Å². The summed E-state index contributed by atoms with van der Waals surface area (Å²) >= 11 is 1.70. The third-order valence-electron chi connectivity index (χ3n) is 4.00. The van der Waals surface area contributed by atoms with Crippen molar-refractivity contribution in [2.24, 2.45) is 0 Å². The molecule has 1 aliphatic rings. The fraction of sp³-hybridized carbons (Fsp3) is 0.500. The standard InChI is InChI=1S/C16H21N3O2S/c1-3-19-11-17-14-9-18(7-12-5-6-22-10-12)8-13(15(14)19)16(20)21-4-2/h5-6,10-11,13H,3-4,7-9H2,1-2H3/t13-/m1/s1. The zero-order valence-corrected chi connectivity index (χ0v) is 13.8. The van der Waals surface area contributed by atoms with Crippen LogP contribution in [0.4, 0.5) is 0 Å². The first-order valence-electron chi connectivity index (χ1n) is 7.66. The van der Waals surface area contributed by atoms with Gasteiger partial charge in [-0.1, -0.05) is 0 Å². The molecule has 0 amide bonds. The molecule has 5 nitrogen and oxygen atoms in total. The Morgan fingerprint density at radius 2 is 2.36 bits per heavy atom. The van der Waals surface area contributed by atoms with E-state index in [0.29, 0.717) is 13.2 Å². The number of carbonyl (C=O) groups excluding carboxylic acids is 1. The van der Waals surface area contributed by atoms with E-state index in [9.17, 15) is 4.79 Å². The molecular weight excluding hydrogens is 298 g/mol. The maximum Gasteiger partial charge on any atom is 0.316 e. The summed E-state index contributed by atoms with van der Waals surface area (Å²) in [6, 6.07) is 2.13. The number of rotatable bonds is 5.